The van der Waals surface area contributed by atoms with Gasteiger partial charge in [-0.3, -0.25) is 10.1 Å². The van der Waals surface area contributed by atoms with Crippen LogP contribution in [0.1, 0.15) is 32.6 Å². The molecular formula is C9H17NO4. The molecule has 5 nitrogen and oxygen atoms in total. The number of hydrogen-bond acceptors (Lipinski definition) is 4. The highest BCUT2D eigenvalue weighted by Gasteiger charge is 2.29. The molecule has 5 heteroatoms. The summed E-state index contributed by atoms with van der Waals surface area (Å²) >= 11 is 0. The van der Waals surface area contributed by atoms with Crippen LogP contribution in [-0.2, 0) is 9.47 Å². The van der Waals surface area contributed by atoms with Crippen molar-refractivity contribution >= 4 is 0 Å². The second kappa shape index (κ2) is 5.26. The molecule has 0 aromatic carbocycles. The van der Waals surface area contributed by atoms with Crippen molar-refractivity contribution in [3.8, 4) is 0 Å². The van der Waals surface area contributed by atoms with E-state index in [1.165, 1.54) is 0 Å². The Labute approximate surface area is 83.5 Å². The maximum atomic E-state index is 10.0. The summed E-state index contributed by atoms with van der Waals surface area (Å²) in [7, 11) is 0. The minimum Gasteiger partial charge on any atom is -0.348 e. The van der Waals surface area contributed by atoms with E-state index in [4.69, 9.17) is 9.47 Å². The monoisotopic (exact) mass is 203 g/mol. The smallest absolute Gasteiger partial charge is 0.203 e. The van der Waals surface area contributed by atoms with E-state index < -0.39 is 5.79 Å². The highest BCUT2D eigenvalue weighted by molar-refractivity contribution is 4.67. The number of ether oxygens (including phenoxy) is 2. The molecule has 1 heterocycles. The SMILES string of the molecule is CC1(CCCCC[N+](=O)[O-])OCCO1. The van der Waals surface area contributed by atoms with E-state index in [-0.39, 0.29) is 11.5 Å². The molecule has 1 rings (SSSR count). The lowest BCUT2D eigenvalue weighted by molar-refractivity contribution is -0.480. The first-order valence-corrected chi connectivity index (χ1v) is 5.02. The fourth-order valence-electron chi connectivity index (χ4n) is 1.56. The van der Waals surface area contributed by atoms with Crippen LogP contribution in [0.3, 0.4) is 0 Å². The number of hydrogen-bond donors (Lipinski definition) is 0. The molecule has 82 valence electrons. The highest BCUT2D eigenvalue weighted by atomic mass is 16.7. The van der Waals surface area contributed by atoms with E-state index >= 15 is 0 Å². The number of nitrogens with zero attached hydrogens (tertiary/aromatic N) is 1. The standard InChI is InChI=1S/C9H17NO4/c1-9(13-7-8-14-9)5-3-2-4-6-10(11)12/h2-8H2,1H3. The lowest BCUT2D eigenvalue weighted by atomic mass is 10.1. The molecule has 0 aromatic rings. The normalized spacial score (nSPS) is 19.8. The minimum absolute atomic E-state index is 0.0679. The van der Waals surface area contributed by atoms with Gasteiger partial charge in [0, 0.05) is 17.8 Å². The zero-order valence-electron chi connectivity index (χ0n) is 8.53. The summed E-state index contributed by atoms with van der Waals surface area (Å²) in [5, 5.41) is 10.0. The summed E-state index contributed by atoms with van der Waals surface area (Å²) in [4.78, 5) is 9.76. The third-order valence-corrected chi connectivity index (χ3v) is 2.37. The van der Waals surface area contributed by atoms with Crippen LogP contribution < -0.4 is 0 Å². The van der Waals surface area contributed by atoms with Crippen molar-refractivity contribution in [2.24, 2.45) is 0 Å². The molecule has 0 aliphatic carbocycles. The molecule has 0 spiro atoms. The van der Waals surface area contributed by atoms with E-state index in [2.05, 4.69) is 0 Å². The van der Waals surface area contributed by atoms with Gasteiger partial charge in [-0.25, -0.2) is 0 Å². The molecule has 1 saturated heterocycles. The van der Waals surface area contributed by atoms with Gasteiger partial charge in [0.2, 0.25) is 6.54 Å². The van der Waals surface area contributed by atoms with Gasteiger partial charge >= 0.3 is 0 Å². The predicted octanol–water partition coefficient (Wildman–Crippen LogP) is 1.59. The van der Waals surface area contributed by atoms with Gasteiger partial charge in [-0.1, -0.05) is 0 Å². The first kappa shape index (κ1) is 11.4. The topological polar surface area (TPSA) is 61.6 Å². The van der Waals surface area contributed by atoms with Gasteiger partial charge in [-0.15, -0.1) is 0 Å². The molecule has 0 radical (unpaired) electrons. The summed E-state index contributed by atoms with van der Waals surface area (Å²) < 4.78 is 10.8. The molecular weight excluding hydrogens is 186 g/mol. The molecule has 0 saturated carbocycles. The van der Waals surface area contributed by atoms with Crippen molar-refractivity contribution < 1.29 is 14.4 Å². The van der Waals surface area contributed by atoms with E-state index in [1.807, 2.05) is 6.92 Å². The Morgan fingerprint density at radius 1 is 1.29 bits per heavy atom. The molecule has 0 atom stereocenters. The van der Waals surface area contributed by atoms with Gasteiger partial charge in [-0.2, -0.15) is 0 Å². The maximum Gasteiger partial charge on any atom is 0.203 e. The van der Waals surface area contributed by atoms with Crippen LogP contribution in [0.5, 0.6) is 0 Å². The number of rotatable bonds is 6. The second-order valence-corrected chi connectivity index (χ2v) is 3.70. The molecule has 14 heavy (non-hydrogen) atoms. The molecule has 0 bridgehead atoms. The van der Waals surface area contributed by atoms with Crippen LogP contribution in [0, 0.1) is 10.1 Å². The van der Waals surface area contributed by atoms with E-state index in [1.54, 1.807) is 0 Å². The first-order valence-electron chi connectivity index (χ1n) is 5.02. The predicted molar refractivity (Wildman–Crippen MR) is 50.6 cm³/mol. The Morgan fingerprint density at radius 3 is 2.50 bits per heavy atom. The van der Waals surface area contributed by atoms with Gasteiger partial charge in [0.15, 0.2) is 5.79 Å². The van der Waals surface area contributed by atoms with Crippen molar-refractivity contribution in [3.05, 3.63) is 10.1 Å². The summed E-state index contributed by atoms with van der Waals surface area (Å²) in [6.07, 6.45) is 3.25. The Kier molecular flexibility index (Phi) is 4.28. The van der Waals surface area contributed by atoms with Crippen molar-refractivity contribution in [3.63, 3.8) is 0 Å². The van der Waals surface area contributed by atoms with Gasteiger partial charge < -0.3 is 9.47 Å². The van der Waals surface area contributed by atoms with E-state index in [9.17, 15) is 10.1 Å². The minimum atomic E-state index is -0.436. The number of unbranched alkanes of at least 4 members (excludes halogenated alkanes) is 2. The van der Waals surface area contributed by atoms with Crippen LogP contribution >= 0.6 is 0 Å². The molecule has 1 aliphatic heterocycles. The summed E-state index contributed by atoms with van der Waals surface area (Å²) in [6, 6.07) is 0. The Hall–Kier alpha value is -0.680. The summed E-state index contributed by atoms with van der Waals surface area (Å²) in [5.74, 6) is -0.436. The largest absolute Gasteiger partial charge is 0.348 e. The van der Waals surface area contributed by atoms with E-state index in [0.29, 0.717) is 19.6 Å². The third kappa shape index (κ3) is 4.02. The maximum absolute atomic E-state index is 10.0. The molecule has 0 amide bonds. The van der Waals surface area contributed by atoms with E-state index in [0.717, 1.165) is 19.3 Å². The molecule has 0 unspecified atom stereocenters. The average molecular weight is 203 g/mol. The van der Waals surface area contributed by atoms with Crippen LogP contribution in [0.15, 0.2) is 0 Å². The lowest BCUT2D eigenvalue weighted by Gasteiger charge is -2.21. The van der Waals surface area contributed by atoms with Gasteiger partial charge in [0.25, 0.3) is 0 Å². The molecule has 0 aromatic heterocycles. The lowest BCUT2D eigenvalue weighted by Crippen LogP contribution is -2.25. The Bertz CT molecular complexity index is 189. The van der Waals surface area contributed by atoms with Crippen LogP contribution in [0.4, 0.5) is 0 Å². The molecule has 1 aliphatic rings. The van der Waals surface area contributed by atoms with Crippen LogP contribution in [-0.4, -0.2) is 30.5 Å². The van der Waals surface area contributed by atoms with Crippen molar-refractivity contribution in [2.45, 2.75) is 38.4 Å². The van der Waals surface area contributed by atoms with Crippen molar-refractivity contribution in [2.75, 3.05) is 19.8 Å². The fourth-order valence-corrected chi connectivity index (χ4v) is 1.56. The van der Waals surface area contributed by atoms with Crippen LogP contribution in [0.25, 0.3) is 0 Å². The molecule has 1 fully saturated rings. The molecule has 0 N–H and O–H groups in total. The summed E-state index contributed by atoms with van der Waals surface area (Å²) in [5.41, 5.74) is 0. The third-order valence-electron chi connectivity index (χ3n) is 2.37. The van der Waals surface area contributed by atoms with Crippen molar-refractivity contribution in [1.82, 2.24) is 0 Å². The quantitative estimate of drug-likeness (QED) is 0.373. The Morgan fingerprint density at radius 2 is 1.93 bits per heavy atom. The zero-order chi connectivity index (χ0) is 10.4. The Balaban J connectivity index is 2.00. The van der Waals surface area contributed by atoms with Gasteiger partial charge in [0.05, 0.1) is 13.2 Å². The van der Waals surface area contributed by atoms with Gasteiger partial charge in [-0.05, 0) is 19.8 Å². The summed E-state index contributed by atoms with van der Waals surface area (Å²) in [6.45, 7) is 3.31. The zero-order valence-corrected chi connectivity index (χ0v) is 8.53. The second-order valence-electron chi connectivity index (χ2n) is 3.70. The average Bonchev–Trinajstić information content (AvgIpc) is 2.51. The fraction of sp³-hybridized carbons (Fsp3) is 1.00. The van der Waals surface area contributed by atoms with Gasteiger partial charge in [0.1, 0.15) is 0 Å². The number of nitro groups is 1. The first-order chi connectivity index (χ1) is 6.62. The van der Waals surface area contributed by atoms with Crippen molar-refractivity contribution in [1.29, 1.82) is 0 Å². The highest BCUT2D eigenvalue weighted by Crippen LogP contribution is 2.24. The van der Waals surface area contributed by atoms with Crippen LogP contribution in [0.2, 0.25) is 0 Å².